The predicted octanol–water partition coefficient (Wildman–Crippen LogP) is 4.20. The van der Waals surface area contributed by atoms with E-state index >= 15 is 0 Å². The van der Waals surface area contributed by atoms with Crippen LogP contribution in [0.3, 0.4) is 0 Å². The van der Waals surface area contributed by atoms with Gasteiger partial charge in [0, 0.05) is 12.5 Å². The molecule has 1 aromatic heterocycles. The van der Waals surface area contributed by atoms with E-state index in [0.717, 1.165) is 15.6 Å². The maximum Gasteiger partial charge on any atom is 0.171 e. The smallest absolute Gasteiger partial charge is 0.171 e. The minimum atomic E-state index is 0.111. The van der Waals surface area contributed by atoms with Gasteiger partial charge in [-0.05, 0) is 31.2 Å². The third kappa shape index (κ3) is 1.99. The van der Waals surface area contributed by atoms with Gasteiger partial charge in [-0.3, -0.25) is 4.79 Å². The molecule has 3 rings (SSSR count). The SMILES string of the molecule is CC(=O)c1sc(-c2ccccc2C2CC2)nc1C. The number of hydrogen-bond donors (Lipinski definition) is 0. The summed E-state index contributed by atoms with van der Waals surface area (Å²) in [5, 5.41) is 0.986. The predicted molar refractivity (Wildman–Crippen MR) is 74.3 cm³/mol. The molecule has 1 saturated carbocycles. The van der Waals surface area contributed by atoms with Crippen molar-refractivity contribution in [3.8, 4) is 10.6 Å². The highest BCUT2D eigenvalue weighted by molar-refractivity contribution is 7.17. The van der Waals surface area contributed by atoms with Crippen LogP contribution in [0.1, 0.15) is 46.6 Å². The molecule has 1 aliphatic rings. The van der Waals surface area contributed by atoms with Crippen molar-refractivity contribution in [2.75, 3.05) is 0 Å². The molecule has 1 aliphatic carbocycles. The van der Waals surface area contributed by atoms with Gasteiger partial charge in [-0.1, -0.05) is 24.3 Å². The molecule has 0 atom stereocenters. The summed E-state index contributed by atoms with van der Waals surface area (Å²) in [4.78, 5) is 16.9. The van der Waals surface area contributed by atoms with Gasteiger partial charge in [0.05, 0.1) is 10.6 Å². The van der Waals surface area contributed by atoms with Gasteiger partial charge >= 0.3 is 0 Å². The Bertz CT molecular complexity index is 611. The first-order valence-electron chi connectivity index (χ1n) is 6.24. The third-order valence-electron chi connectivity index (χ3n) is 3.32. The summed E-state index contributed by atoms with van der Waals surface area (Å²) in [6, 6.07) is 8.45. The average Bonchev–Trinajstić information content (AvgIpc) is 3.12. The molecular weight excluding hydrogens is 242 g/mol. The highest BCUT2D eigenvalue weighted by atomic mass is 32.1. The number of carbonyl (C=O) groups excluding carboxylic acids is 1. The molecule has 0 spiro atoms. The lowest BCUT2D eigenvalue weighted by Gasteiger charge is -2.04. The lowest BCUT2D eigenvalue weighted by atomic mass is 10.0. The number of hydrogen-bond acceptors (Lipinski definition) is 3. The topological polar surface area (TPSA) is 30.0 Å². The van der Waals surface area contributed by atoms with Crippen molar-refractivity contribution in [2.45, 2.75) is 32.6 Å². The summed E-state index contributed by atoms with van der Waals surface area (Å²) in [6.07, 6.45) is 2.56. The summed E-state index contributed by atoms with van der Waals surface area (Å²) in [7, 11) is 0. The molecule has 1 heterocycles. The molecule has 0 amide bonds. The fourth-order valence-corrected chi connectivity index (χ4v) is 3.29. The van der Waals surface area contributed by atoms with Crippen LogP contribution in [0.4, 0.5) is 0 Å². The lowest BCUT2D eigenvalue weighted by molar-refractivity contribution is 0.102. The zero-order valence-electron chi connectivity index (χ0n) is 10.6. The van der Waals surface area contributed by atoms with Crippen LogP contribution < -0.4 is 0 Å². The zero-order valence-corrected chi connectivity index (χ0v) is 11.4. The molecule has 0 N–H and O–H groups in total. The van der Waals surface area contributed by atoms with Crippen molar-refractivity contribution in [3.63, 3.8) is 0 Å². The molecule has 1 fully saturated rings. The van der Waals surface area contributed by atoms with Crippen LogP contribution in [-0.2, 0) is 0 Å². The van der Waals surface area contributed by atoms with E-state index in [1.807, 2.05) is 13.0 Å². The van der Waals surface area contributed by atoms with Crippen molar-refractivity contribution in [2.24, 2.45) is 0 Å². The fraction of sp³-hybridized carbons (Fsp3) is 0.333. The number of carbonyl (C=O) groups is 1. The van der Waals surface area contributed by atoms with Crippen molar-refractivity contribution in [1.82, 2.24) is 4.98 Å². The molecule has 92 valence electrons. The number of thiazole rings is 1. The van der Waals surface area contributed by atoms with Crippen LogP contribution in [0, 0.1) is 6.92 Å². The Morgan fingerprint density at radius 3 is 2.67 bits per heavy atom. The molecular formula is C15H15NOS. The summed E-state index contributed by atoms with van der Waals surface area (Å²) in [6.45, 7) is 3.52. The molecule has 0 aliphatic heterocycles. The lowest BCUT2D eigenvalue weighted by Crippen LogP contribution is -1.89. The largest absolute Gasteiger partial charge is 0.294 e. The van der Waals surface area contributed by atoms with Crippen LogP contribution in [0.25, 0.3) is 10.6 Å². The third-order valence-corrected chi connectivity index (χ3v) is 4.62. The summed E-state index contributed by atoms with van der Waals surface area (Å²) in [5.41, 5.74) is 3.45. The van der Waals surface area contributed by atoms with Gasteiger partial charge in [-0.15, -0.1) is 11.3 Å². The summed E-state index contributed by atoms with van der Waals surface area (Å²) in [5.74, 6) is 0.811. The molecule has 2 nitrogen and oxygen atoms in total. The molecule has 0 radical (unpaired) electrons. The summed E-state index contributed by atoms with van der Waals surface area (Å²) < 4.78 is 0. The van der Waals surface area contributed by atoms with Gasteiger partial charge < -0.3 is 0 Å². The Balaban J connectivity index is 2.09. The van der Waals surface area contributed by atoms with Crippen LogP contribution in [0.5, 0.6) is 0 Å². The van der Waals surface area contributed by atoms with Gasteiger partial charge in [0.2, 0.25) is 0 Å². The van der Waals surface area contributed by atoms with E-state index in [-0.39, 0.29) is 5.78 Å². The first kappa shape index (κ1) is 11.6. The minimum absolute atomic E-state index is 0.111. The Kier molecular flexibility index (Phi) is 2.78. The number of aryl methyl sites for hydroxylation is 1. The molecule has 0 unspecified atom stereocenters. The number of benzene rings is 1. The molecule has 0 saturated heterocycles. The van der Waals surface area contributed by atoms with Crippen molar-refractivity contribution >= 4 is 17.1 Å². The van der Waals surface area contributed by atoms with Crippen molar-refractivity contribution in [1.29, 1.82) is 0 Å². The highest BCUT2D eigenvalue weighted by Gasteiger charge is 2.27. The van der Waals surface area contributed by atoms with E-state index in [2.05, 4.69) is 23.2 Å². The first-order chi connectivity index (χ1) is 8.66. The van der Waals surface area contributed by atoms with E-state index < -0.39 is 0 Å². The van der Waals surface area contributed by atoms with Crippen LogP contribution in [0.15, 0.2) is 24.3 Å². The Morgan fingerprint density at radius 1 is 1.33 bits per heavy atom. The normalized spacial score (nSPS) is 14.8. The van der Waals surface area contributed by atoms with Crippen LogP contribution in [-0.4, -0.2) is 10.8 Å². The molecule has 1 aromatic carbocycles. The Labute approximate surface area is 111 Å². The van der Waals surface area contributed by atoms with E-state index in [9.17, 15) is 4.79 Å². The number of aromatic nitrogens is 1. The number of nitrogens with zero attached hydrogens (tertiary/aromatic N) is 1. The minimum Gasteiger partial charge on any atom is -0.294 e. The van der Waals surface area contributed by atoms with Gasteiger partial charge in [0.25, 0.3) is 0 Å². The second kappa shape index (κ2) is 4.32. The monoisotopic (exact) mass is 257 g/mol. The highest BCUT2D eigenvalue weighted by Crippen LogP contribution is 2.45. The standard InChI is InChI=1S/C15H15NOS/c1-9-14(10(2)17)18-15(16-9)13-6-4-3-5-12(13)11-7-8-11/h3-6,11H,7-8H2,1-2H3. The number of ketones is 1. The van der Waals surface area contributed by atoms with Crippen molar-refractivity contribution < 1.29 is 4.79 Å². The zero-order chi connectivity index (χ0) is 12.7. The first-order valence-corrected chi connectivity index (χ1v) is 7.06. The maximum atomic E-state index is 11.5. The second-order valence-corrected chi connectivity index (χ2v) is 5.85. The van der Waals surface area contributed by atoms with Gasteiger partial charge in [0.1, 0.15) is 5.01 Å². The van der Waals surface area contributed by atoms with Crippen LogP contribution in [0.2, 0.25) is 0 Å². The van der Waals surface area contributed by atoms with E-state index in [0.29, 0.717) is 5.92 Å². The van der Waals surface area contributed by atoms with Crippen LogP contribution >= 0.6 is 11.3 Å². The second-order valence-electron chi connectivity index (χ2n) is 4.85. The van der Waals surface area contributed by atoms with Gasteiger partial charge in [-0.2, -0.15) is 0 Å². The average molecular weight is 257 g/mol. The Hall–Kier alpha value is -1.48. The molecule has 0 bridgehead atoms. The number of rotatable bonds is 3. The Morgan fingerprint density at radius 2 is 2.06 bits per heavy atom. The quantitative estimate of drug-likeness (QED) is 0.771. The maximum absolute atomic E-state index is 11.5. The van der Waals surface area contributed by atoms with E-state index in [4.69, 9.17) is 0 Å². The van der Waals surface area contributed by atoms with E-state index in [1.54, 1.807) is 6.92 Å². The van der Waals surface area contributed by atoms with Gasteiger partial charge in [-0.25, -0.2) is 4.98 Å². The molecule has 2 aromatic rings. The fourth-order valence-electron chi connectivity index (χ4n) is 2.28. The molecule has 3 heteroatoms. The molecule has 18 heavy (non-hydrogen) atoms. The van der Waals surface area contributed by atoms with E-state index in [1.165, 1.54) is 35.3 Å². The number of Topliss-reactive ketones (excluding diaryl/α,β-unsaturated/α-hetero) is 1. The van der Waals surface area contributed by atoms with Gasteiger partial charge in [0.15, 0.2) is 5.78 Å². The summed E-state index contributed by atoms with van der Waals surface area (Å²) >= 11 is 1.52. The van der Waals surface area contributed by atoms with Crippen molar-refractivity contribution in [3.05, 3.63) is 40.4 Å².